The van der Waals surface area contributed by atoms with E-state index in [-0.39, 0.29) is 40.7 Å². The SMILES string of the molecule is C[C@@H](O)CNC(C)(C)CC(=O)N[C@@H]1CSc2cc(C(F)(F)F)ccc2N(Cc2ccc(-c3ccccc3S(N)(=O)=O)cc2)C1=O. The largest absolute Gasteiger partial charge is 0.416 e. The molecule has 0 radical (unpaired) electrons. The molecule has 0 aliphatic carbocycles. The Morgan fingerprint density at radius 2 is 1.78 bits per heavy atom. The molecule has 2 amide bonds. The molecule has 0 spiro atoms. The van der Waals surface area contributed by atoms with Crippen LogP contribution in [0.25, 0.3) is 11.1 Å². The summed E-state index contributed by atoms with van der Waals surface area (Å²) in [6.45, 7) is 5.41. The van der Waals surface area contributed by atoms with Gasteiger partial charge in [-0.25, -0.2) is 13.6 Å². The van der Waals surface area contributed by atoms with Gasteiger partial charge >= 0.3 is 6.18 Å². The zero-order chi connectivity index (χ0) is 33.2. The van der Waals surface area contributed by atoms with Crippen LogP contribution < -0.4 is 20.7 Å². The molecule has 0 aromatic heterocycles. The fraction of sp³-hybridized carbons (Fsp3) is 0.355. The van der Waals surface area contributed by atoms with Gasteiger partial charge < -0.3 is 20.6 Å². The van der Waals surface area contributed by atoms with Crippen LogP contribution in [0.2, 0.25) is 0 Å². The number of nitrogens with zero attached hydrogens (tertiary/aromatic N) is 1. The molecule has 2 atom stereocenters. The van der Waals surface area contributed by atoms with E-state index in [4.69, 9.17) is 5.14 Å². The third kappa shape index (κ3) is 8.85. The second-order valence-corrected chi connectivity index (χ2v) is 14.2. The monoisotopic (exact) mass is 664 g/mol. The van der Waals surface area contributed by atoms with Gasteiger partial charge in [0.15, 0.2) is 0 Å². The zero-order valence-electron chi connectivity index (χ0n) is 24.9. The van der Waals surface area contributed by atoms with Crippen molar-refractivity contribution in [3.63, 3.8) is 0 Å². The van der Waals surface area contributed by atoms with Crippen molar-refractivity contribution in [3.8, 4) is 11.1 Å². The number of nitrogens with two attached hydrogens (primary N) is 1. The summed E-state index contributed by atoms with van der Waals surface area (Å²) >= 11 is 1.05. The molecule has 1 aliphatic rings. The summed E-state index contributed by atoms with van der Waals surface area (Å²) in [7, 11) is -3.99. The molecule has 3 aromatic rings. The molecule has 3 aromatic carbocycles. The Morgan fingerprint density at radius 3 is 2.40 bits per heavy atom. The number of carbonyl (C=O) groups is 2. The molecule has 0 unspecified atom stereocenters. The molecule has 9 nitrogen and oxygen atoms in total. The van der Waals surface area contributed by atoms with Crippen molar-refractivity contribution >= 4 is 39.3 Å². The van der Waals surface area contributed by atoms with Gasteiger partial charge in [0.25, 0.3) is 5.91 Å². The lowest BCUT2D eigenvalue weighted by atomic mass is 9.99. The number of primary sulfonamides is 1. The van der Waals surface area contributed by atoms with E-state index in [9.17, 15) is 36.3 Å². The normalized spacial score (nSPS) is 16.6. The summed E-state index contributed by atoms with van der Waals surface area (Å²) in [4.78, 5) is 28.5. The number of hydrogen-bond donors (Lipinski definition) is 4. The number of amides is 2. The van der Waals surface area contributed by atoms with Gasteiger partial charge in [0, 0.05) is 34.7 Å². The predicted molar refractivity (Wildman–Crippen MR) is 167 cm³/mol. The molecule has 1 aliphatic heterocycles. The Kier molecular flexibility index (Phi) is 10.3. The first-order valence-corrected chi connectivity index (χ1v) is 16.6. The van der Waals surface area contributed by atoms with Gasteiger partial charge in [-0.1, -0.05) is 42.5 Å². The lowest BCUT2D eigenvalue weighted by Gasteiger charge is -2.29. The quantitative estimate of drug-likeness (QED) is 0.254. The van der Waals surface area contributed by atoms with E-state index in [0.717, 1.165) is 23.9 Å². The third-order valence-electron chi connectivity index (χ3n) is 7.16. The number of sulfonamides is 1. The number of aliphatic hydroxyl groups excluding tert-OH is 1. The van der Waals surface area contributed by atoms with Crippen molar-refractivity contribution in [3.05, 3.63) is 77.9 Å². The van der Waals surface area contributed by atoms with Crippen molar-refractivity contribution in [2.75, 3.05) is 17.2 Å². The van der Waals surface area contributed by atoms with E-state index in [2.05, 4.69) is 10.6 Å². The van der Waals surface area contributed by atoms with Gasteiger partial charge in [0.05, 0.1) is 28.8 Å². The number of benzene rings is 3. The molecule has 4 rings (SSSR count). The molecular weight excluding hydrogens is 629 g/mol. The van der Waals surface area contributed by atoms with Gasteiger partial charge in [-0.05, 0) is 56.2 Å². The number of hydrogen-bond acceptors (Lipinski definition) is 7. The van der Waals surface area contributed by atoms with E-state index in [1.165, 1.54) is 17.0 Å². The van der Waals surface area contributed by atoms with Gasteiger partial charge in [-0.2, -0.15) is 13.2 Å². The van der Waals surface area contributed by atoms with Crippen molar-refractivity contribution in [1.29, 1.82) is 0 Å². The number of aliphatic hydroxyl groups is 1. The molecule has 1 heterocycles. The van der Waals surface area contributed by atoms with Crippen LogP contribution in [0.4, 0.5) is 18.9 Å². The first-order chi connectivity index (χ1) is 20.9. The number of rotatable bonds is 10. The number of nitrogens with one attached hydrogen (secondary N) is 2. The summed E-state index contributed by atoms with van der Waals surface area (Å²) in [5, 5.41) is 20.8. The first-order valence-electron chi connectivity index (χ1n) is 14.0. The number of thioether (sulfide) groups is 1. The average molecular weight is 665 g/mol. The van der Waals surface area contributed by atoms with Crippen LogP contribution in [0.15, 0.2) is 76.5 Å². The lowest BCUT2D eigenvalue weighted by Crippen LogP contribution is -2.52. The maximum Gasteiger partial charge on any atom is 0.416 e. The van der Waals surface area contributed by atoms with Crippen LogP contribution in [0.5, 0.6) is 0 Å². The molecule has 0 saturated heterocycles. The highest BCUT2D eigenvalue weighted by Gasteiger charge is 2.36. The van der Waals surface area contributed by atoms with Crippen LogP contribution in [0.3, 0.4) is 0 Å². The van der Waals surface area contributed by atoms with Crippen LogP contribution >= 0.6 is 11.8 Å². The first kappa shape index (κ1) is 34.4. The molecule has 14 heteroatoms. The standard InChI is InChI=1S/C31H35F3N4O5S2/c1-19(39)16-36-30(2,3)15-28(40)37-24-18-44-26-14-22(31(32,33)34)12-13-25(26)38(29(24)41)17-20-8-10-21(11-9-20)23-6-4-5-7-27(23)45(35,42)43/h4-14,19,24,36,39H,15-18H2,1-3H3,(H,37,40)(H2,35,42,43)/t19-,24-/m1/s1. The summed E-state index contributed by atoms with van der Waals surface area (Å²) in [5.74, 6) is -0.912. The molecule has 45 heavy (non-hydrogen) atoms. The fourth-order valence-electron chi connectivity index (χ4n) is 4.91. The Hall–Kier alpha value is -3.43. The average Bonchev–Trinajstić information content (AvgIpc) is 3.07. The minimum atomic E-state index is -4.59. The van der Waals surface area contributed by atoms with Gasteiger partial charge in [-0.15, -0.1) is 11.8 Å². The van der Waals surface area contributed by atoms with Crippen molar-refractivity contribution in [2.24, 2.45) is 5.14 Å². The van der Waals surface area contributed by atoms with Crippen molar-refractivity contribution < 1.29 is 36.3 Å². The topological polar surface area (TPSA) is 142 Å². The third-order valence-corrected chi connectivity index (χ3v) is 9.27. The fourth-order valence-corrected chi connectivity index (χ4v) is 6.77. The number of alkyl halides is 3. The molecular formula is C31H35F3N4O5S2. The number of β-amino-alcohol motifs (C(OH)–C–C–N with tert-alkyl or cyclic N) is 1. The Labute approximate surface area is 264 Å². The molecule has 5 N–H and O–H groups in total. The Morgan fingerprint density at radius 1 is 1.11 bits per heavy atom. The van der Waals surface area contributed by atoms with E-state index in [1.807, 2.05) is 0 Å². The van der Waals surface area contributed by atoms with Crippen LogP contribution in [-0.2, 0) is 32.3 Å². The number of halogens is 3. The Balaban J connectivity index is 1.63. The number of fused-ring (bicyclic) bond motifs is 1. The van der Waals surface area contributed by atoms with Gasteiger partial charge in [-0.3, -0.25) is 9.59 Å². The molecule has 0 saturated carbocycles. The van der Waals surface area contributed by atoms with E-state index in [1.54, 1.807) is 63.2 Å². The number of carbonyl (C=O) groups excluding carboxylic acids is 2. The predicted octanol–water partition coefficient (Wildman–Crippen LogP) is 4.28. The summed E-state index contributed by atoms with van der Waals surface area (Å²) in [6.07, 6.45) is -5.22. The lowest BCUT2D eigenvalue weighted by molar-refractivity contribution is -0.137. The van der Waals surface area contributed by atoms with E-state index >= 15 is 0 Å². The van der Waals surface area contributed by atoms with Crippen LogP contribution in [-0.4, -0.2) is 55.3 Å². The van der Waals surface area contributed by atoms with E-state index in [0.29, 0.717) is 16.7 Å². The van der Waals surface area contributed by atoms with Crippen molar-refractivity contribution in [1.82, 2.24) is 10.6 Å². The second-order valence-electron chi connectivity index (χ2n) is 11.6. The zero-order valence-corrected chi connectivity index (χ0v) is 26.5. The maximum atomic E-state index is 13.9. The summed E-state index contributed by atoms with van der Waals surface area (Å²) in [5.41, 5.74) is 0.299. The van der Waals surface area contributed by atoms with Crippen LogP contribution in [0.1, 0.15) is 38.3 Å². The highest BCUT2D eigenvalue weighted by Crippen LogP contribution is 2.40. The smallest absolute Gasteiger partial charge is 0.392 e. The van der Waals surface area contributed by atoms with E-state index < -0.39 is 51.3 Å². The molecule has 242 valence electrons. The Bertz CT molecular complexity index is 1660. The van der Waals surface area contributed by atoms with Gasteiger partial charge in [0.2, 0.25) is 15.9 Å². The minimum absolute atomic E-state index is 0.0131. The highest BCUT2D eigenvalue weighted by atomic mass is 32.2. The highest BCUT2D eigenvalue weighted by molar-refractivity contribution is 7.99. The summed E-state index contributed by atoms with van der Waals surface area (Å²) < 4.78 is 64.9. The van der Waals surface area contributed by atoms with Crippen LogP contribution in [0, 0.1) is 0 Å². The minimum Gasteiger partial charge on any atom is -0.392 e. The molecule has 0 bridgehead atoms. The number of anilines is 1. The maximum absolute atomic E-state index is 13.9. The van der Waals surface area contributed by atoms with Crippen molar-refractivity contribution in [2.45, 2.75) is 67.4 Å². The second kappa shape index (κ2) is 13.5. The summed E-state index contributed by atoms with van der Waals surface area (Å²) in [6, 6.07) is 15.1. The van der Waals surface area contributed by atoms with Gasteiger partial charge in [0.1, 0.15) is 6.04 Å². The molecule has 0 fully saturated rings.